The standard InChI is InChI=1S/C11H15NOS/c1-14-11-6-2-5-10(11)12-7-3-4-9(12)8-13/h3-4,7-8,10-11H,2,5-6H2,1H3. The largest absolute Gasteiger partial charge is 0.341 e. The highest BCUT2D eigenvalue weighted by Gasteiger charge is 2.28. The van der Waals surface area contributed by atoms with Gasteiger partial charge in [-0.25, -0.2) is 0 Å². The highest BCUT2D eigenvalue weighted by atomic mass is 32.2. The zero-order valence-electron chi connectivity index (χ0n) is 8.35. The van der Waals surface area contributed by atoms with Crippen LogP contribution in [0.4, 0.5) is 0 Å². The minimum absolute atomic E-state index is 0.528. The Kier molecular flexibility index (Phi) is 2.96. The van der Waals surface area contributed by atoms with Gasteiger partial charge >= 0.3 is 0 Å². The number of hydrogen-bond acceptors (Lipinski definition) is 2. The smallest absolute Gasteiger partial charge is 0.166 e. The summed E-state index contributed by atoms with van der Waals surface area (Å²) in [4.78, 5) is 10.8. The second-order valence-electron chi connectivity index (χ2n) is 3.73. The molecule has 0 aromatic carbocycles. The van der Waals surface area contributed by atoms with Crippen LogP contribution in [0.25, 0.3) is 0 Å². The van der Waals surface area contributed by atoms with Gasteiger partial charge < -0.3 is 4.57 Å². The molecular weight excluding hydrogens is 194 g/mol. The summed E-state index contributed by atoms with van der Waals surface area (Å²) in [5.41, 5.74) is 0.816. The SMILES string of the molecule is CSC1CCCC1n1cccc1C=O. The van der Waals surface area contributed by atoms with Crippen molar-refractivity contribution in [2.24, 2.45) is 0 Å². The minimum atomic E-state index is 0.528. The van der Waals surface area contributed by atoms with E-state index in [0.717, 1.165) is 12.0 Å². The fourth-order valence-corrected chi connectivity index (χ4v) is 3.29. The van der Waals surface area contributed by atoms with Gasteiger partial charge in [0.15, 0.2) is 6.29 Å². The number of carbonyl (C=O) groups excluding carboxylic acids is 1. The van der Waals surface area contributed by atoms with E-state index in [1.54, 1.807) is 0 Å². The van der Waals surface area contributed by atoms with E-state index < -0.39 is 0 Å². The fourth-order valence-electron chi connectivity index (χ4n) is 2.31. The molecule has 1 fully saturated rings. The Hall–Kier alpha value is -0.700. The first-order chi connectivity index (χ1) is 6.86. The molecule has 0 bridgehead atoms. The summed E-state index contributed by atoms with van der Waals surface area (Å²) >= 11 is 1.92. The molecule has 0 saturated heterocycles. The summed E-state index contributed by atoms with van der Waals surface area (Å²) in [5, 5.41) is 0.682. The molecule has 0 N–H and O–H groups in total. The monoisotopic (exact) mass is 209 g/mol. The molecule has 1 aromatic rings. The molecule has 2 unspecified atom stereocenters. The molecule has 14 heavy (non-hydrogen) atoms. The van der Waals surface area contributed by atoms with Gasteiger partial charge in [-0.05, 0) is 31.2 Å². The first kappa shape index (κ1) is 9.84. The van der Waals surface area contributed by atoms with E-state index in [1.807, 2.05) is 30.1 Å². The lowest BCUT2D eigenvalue weighted by atomic mass is 10.2. The van der Waals surface area contributed by atoms with E-state index >= 15 is 0 Å². The molecule has 1 aromatic heterocycles. The van der Waals surface area contributed by atoms with Crippen LogP contribution in [-0.4, -0.2) is 22.4 Å². The lowest BCUT2D eigenvalue weighted by molar-refractivity contribution is 0.111. The van der Waals surface area contributed by atoms with Crippen LogP contribution < -0.4 is 0 Å². The Morgan fingerprint density at radius 1 is 1.57 bits per heavy atom. The van der Waals surface area contributed by atoms with Gasteiger partial charge in [-0.2, -0.15) is 11.8 Å². The number of rotatable bonds is 3. The number of thioether (sulfide) groups is 1. The Labute approximate surface area is 88.7 Å². The van der Waals surface area contributed by atoms with Crippen LogP contribution in [-0.2, 0) is 0 Å². The van der Waals surface area contributed by atoms with Gasteiger partial charge in [-0.3, -0.25) is 4.79 Å². The molecule has 1 heterocycles. The summed E-state index contributed by atoms with van der Waals surface area (Å²) in [6.45, 7) is 0. The Balaban J connectivity index is 2.25. The molecule has 1 aliphatic rings. The highest BCUT2D eigenvalue weighted by Crippen LogP contribution is 2.37. The summed E-state index contributed by atoms with van der Waals surface area (Å²) < 4.78 is 2.14. The Morgan fingerprint density at radius 3 is 3.14 bits per heavy atom. The van der Waals surface area contributed by atoms with Crippen LogP contribution in [0.1, 0.15) is 35.8 Å². The van der Waals surface area contributed by atoms with E-state index in [-0.39, 0.29) is 0 Å². The number of nitrogens with zero attached hydrogens (tertiary/aromatic N) is 1. The summed E-state index contributed by atoms with van der Waals surface area (Å²) in [6.07, 6.45) is 8.92. The van der Waals surface area contributed by atoms with Crippen LogP contribution in [0.2, 0.25) is 0 Å². The van der Waals surface area contributed by atoms with Crippen molar-refractivity contribution >= 4 is 18.0 Å². The molecule has 76 valence electrons. The van der Waals surface area contributed by atoms with E-state index in [0.29, 0.717) is 11.3 Å². The van der Waals surface area contributed by atoms with E-state index in [9.17, 15) is 4.79 Å². The maximum Gasteiger partial charge on any atom is 0.166 e. The second kappa shape index (κ2) is 4.22. The van der Waals surface area contributed by atoms with Crippen molar-refractivity contribution in [1.82, 2.24) is 4.57 Å². The predicted octanol–water partition coefficient (Wildman–Crippen LogP) is 2.76. The van der Waals surface area contributed by atoms with Crippen molar-refractivity contribution in [3.8, 4) is 0 Å². The first-order valence-corrected chi connectivity index (χ1v) is 6.30. The molecule has 3 heteroatoms. The number of aldehydes is 1. The van der Waals surface area contributed by atoms with Gasteiger partial charge in [-0.1, -0.05) is 6.42 Å². The molecule has 2 atom stereocenters. The summed E-state index contributed by atoms with van der Waals surface area (Å²) in [7, 11) is 0. The van der Waals surface area contributed by atoms with Crippen molar-refractivity contribution in [2.75, 3.05) is 6.26 Å². The molecule has 1 aliphatic carbocycles. The predicted molar refractivity (Wildman–Crippen MR) is 60.0 cm³/mol. The molecule has 2 rings (SSSR count). The molecule has 1 saturated carbocycles. The van der Waals surface area contributed by atoms with Crippen LogP contribution in [0.15, 0.2) is 18.3 Å². The van der Waals surface area contributed by atoms with Crippen LogP contribution in [0.5, 0.6) is 0 Å². The van der Waals surface area contributed by atoms with Gasteiger partial charge in [-0.15, -0.1) is 0 Å². The van der Waals surface area contributed by atoms with E-state index in [1.165, 1.54) is 19.3 Å². The lowest BCUT2D eigenvalue weighted by Crippen LogP contribution is -2.16. The van der Waals surface area contributed by atoms with Gasteiger partial charge in [0.05, 0.1) is 5.69 Å². The van der Waals surface area contributed by atoms with Crippen LogP contribution in [0.3, 0.4) is 0 Å². The zero-order chi connectivity index (χ0) is 9.97. The molecule has 2 nitrogen and oxygen atoms in total. The quantitative estimate of drug-likeness (QED) is 0.714. The van der Waals surface area contributed by atoms with Gasteiger partial charge in [0, 0.05) is 17.5 Å². The Bertz CT molecular complexity index is 321. The van der Waals surface area contributed by atoms with Crippen LogP contribution in [0, 0.1) is 0 Å². The van der Waals surface area contributed by atoms with E-state index in [4.69, 9.17) is 0 Å². The third-order valence-corrected chi connectivity index (χ3v) is 4.17. The van der Waals surface area contributed by atoms with Crippen molar-refractivity contribution in [2.45, 2.75) is 30.6 Å². The summed E-state index contributed by atoms with van der Waals surface area (Å²) in [6, 6.07) is 4.38. The highest BCUT2D eigenvalue weighted by molar-refractivity contribution is 7.99. The van der Waals surface area contributed by atoms with Crippen LogP contribution >= 0.6 is 11.8 Å². The maximum atomic E-state index is 10.8. The topological polar surface area (TPSA) is 22.0 Å². The summed E-state index contributed by atoms with van der Waals surface area (Å²) in [5.74, 6) is 0. The van der Waals surface area contributed by atoms with Crippen molar-refractivity contribution in [3.63, 3.8) is 0 Å². The van der Waals surface area contributed by atoms with Crippen molar-refractivity contribution in [3.05, 3.63) is 24.0 Å². The minimum Gasteiger partial charge on any atom is -0.341 e. The molecule has 0 amide bonds. The molecule has 0 aliphatic heterocycles. The van der Waals surface area contributed by atoms with Gasteiger partial charge in [0.1, 0.15) is 0 Å². The maximum absolute atomic E-state index is 10.8. The average molecular weight is 209 g/mol. The third kappa shape index (κ3) is 1.61. The number of aromatic nitrogens is 1. The van der Waals surface area contributed by atoms with Gasteiger partial charge in [0.25, 0.3) is 0 Å². The van der Waals surface area contributed by atoms with Crippen molar-refractivity contribution < 1.29 is 4.79 Å². The molecular formula is C11H15NOS. The average Bonchev–Trinajstić information content (AvgIpc) is 2.85. The normalized spacial score (nSPS) is 26.6. The van der Waals surface area contributed by atoms with Crippen molar-refractivity contribution in [1.29, 1.82) is 0 Å². The lowest BCUT2D eigenvalue weighted by Gasteiger charge is -2.20. The number of hydrogen-bond donors (Lipinski definition) is 0. The molecule has 0 spiro atoms. The second-order valence-corrected chi connectivity index (χ2v) is 4.81. The Morgan fingerprint density at radius 2 is 2.43 bits per heavy atom. The molecule has 0 radical (unpaired) electrons. The fraction of sp³-hybridized carbons (Fsp3) is 0.545. The van der Waals surface area contributed by atoms with Gasteiger partial charge in [0.2, 0.25) is 0 Å². The zero-order valence-corrected chi connectivity index (χ0v) is 9.17. The number of carbonyl (C=O) groups is 1. The van der Waals surface area contributed by atoms with E-state index in [2.05, 4.69) is 10.8 Å². The first-order valence-electron chi connectivity index (χ1n) is 5.01. The third-order valence-electron chi connectivity index (χ3n) is 3.01.